The van der Waals surface area contributed by atoms with Gasteiger partial charge in [0, 0.05) is 44.2 Å². The average molecular weight is 316 g/mol. The van der Waals surface area contributed by atoms with Crippen molar-refractivity contribution in [2.24, 2.45) is 0 Å². The van der Waals surface area contributed by atoms with Crippen molar-refractivity contribution in [3.05, 3.63) is 42.6 Å². The molecule has 1 saturated heterocycles. The van der Waals surface area contributed by atoms with E-state index in [4.69, 9.17) is 9.47 Å². The number of carbonyl (C=O) groups is 1. The summed E-state index contributed by atoms with van der Waals surface area (Å²) in [7, 11) is 0. The average Bonchev–Trinajstić information content (AvgIpc) is 3.26. The van der Waals surface area contributed by atoms with Gasteiger partial charge in [0.2, 0.25) is 5.88 Å². The number of aryl methyl sites for hydroxylation is 1. The molecule has 1 fully saturated rings. The van der Waals surface area contributed by atoms with Gasteiger partial charge in [-0.3, -0.25) is 4.79 Å². The van der Waals surface area contributed by atoms with Gasteiger partial charge in [0.05, 0.1) is 25.1 Å². The summed E-state index contributed by atoms with van der Waals surface area (Å²) in [5.41, 5.74) is 0.530. The molecule has 1 amide bonds. The van der Waals surface area contributed by atoms with Crippen LogP contribution in [0.4, 0.5) is 0 Å². The SMILES string of the molecule is O=C(NCCCn1ccnc1)c1ccc(O[C@H]2CCOC2)nc1. The summed E-state index contributed by atoms with van der Waals surface area (Å²) in [6.45, 7) is 2.76. The number of imidazole rings is 1. The van der Waals surface area contributed by atoms with E-state index in [9.17, 15) is 4.79 Å². The molecular formula is C16H20N4O3. The van der Waals surface area contributed by atoms with E-state index in [0.717, 1.165) is 26.0 Å². The van der Waals surface area contributed by atoms with Gasteiger partial charge >= 0.3 is 0 Å². The standard InChI is InChI=1S/C16H20N4O3/c21-16(18-5-1-7-20-8-6-17-12-20)13-2-3-15(19-10-13)23-14-4-9-22-11-14/h2-3,6,8,10,12,14H,1,4-5,7,9,11H2,(H,18,21)/t14-/m0/s1. The van der Waals surface area contributed by atoms with Gasteiger partial charge in [0.1, 0.15) is 6.10 Å². The van der Waals surface area contributed by atoms with Crippen molar-refractivity contribution in [2.75, 3.05) is 19.8 Å². The lowest BCUT2D eigenvalue weighted by molar-refractivity contribution is 0.0952. The zero-order valence-electron chi connectivity index (χ0n) is 12.9. The summed E-state index contributed by atoms with van der Waals surface area (Å²) >= 11 is 0. The lowest BCUT2D eigenvalue weighted by Crippen LogP contribution is -2.25. The minimum Gasteiger partial charge on any atom is -0.472 e. The van der Waals surface area contributed by atoms with Gasteiger partial charge in [-0.15, -0.1) is 0 Å². The van der Waals surface area contributed by atoms with Crippen LogP contribution in [0, 0.1) is 0 Å². The molecule has 0 saturated carbocycles. The molecule has 0 unspecified atom stereocenters. The van der Waals surface area contributed by atoms with E-state index in [1.165, 1.54) is 6.20 Å². The molecule has 0 aromatic carbocycles. The molecule has 0 aliphatic carbocycles. The minimum absolute atomic E-state index is 0.0605. The fraction of sp³-hybridized carbons (Fsp3) is 0.438. The van der Waals surface area contributed by atoms with E-state index >= 15 is 0 Å². The first-order chi connectivity index (χ1) is 11.3. The summed E-state index contributed by atoms with van der Waals surface area (Å²) in [5, 5.41) is 2.88. The number of nitrogens with zero attached hydrogens (tertiary/aromatic N) is 3. The first-order valence-electron chi connectivity index (χ1n) is 7.75. The Morgan fingerprint density at radius 1 is 1.48 bits per heavy atom. The van der Waals surface area contributed by atoms with Crippen LogP contribution in [0.5, 0.6) is 5.88 Å². The Balaban J connectivity index is 1.41. The Bertz CT molecular complexity index is 607. The third-order valence-electron chi connectivity index (χ3n) is 3.61. The molecule has 0 spiro atoms. The summed E-state index contributed by atoms with van der Waals surface area (Å²) < 4.78 is 12.9. The van der Waals surface area contributed by atoms with Gasteiger partial charge in [0.25, 0.3) is 5.91 Å². The number of carbonyl (C=O) groups excluding carboxylic acids is 1. The van der Waals surface area contributed by atoms with Crippen LogP contribution in [0.3, 0.4) is 0 Å². The number of aromatic nitrogens is 3. The molecule has 3 rings (SSSR count). The Morgan fingerprint density at radius 3 is 3.13 bits per heavy atom. The van der Waals surface area contributed by atoms with Crippen molar-refractivity contribution in [3.63, 3.8) is 0 Å². The maximum atomic E-state index is 12.0. The fourth-order valence-electron chi connectivity index (χ4n) is 2.35. The summed E-state index contributed by atoms with van der Waals surface area (Å²) in [4.78, 5) is 20.2. The number of ether oxygens (including phenoxy) is 2. The fourth-order valence-corrected chi connectivity index (χ4v) is 2.35. The highest BCUT2D eigenvalue weighted by atomic mass is 16.5. The molecule has 1 N–H and O–H groups in total. The van der Waals surface area contributed by atoms with Crippen LogP contribution < -0.4 is 10.1 Å². The quantitative estimate of drug-likeness (QED) is 0.778. The second-order valence-corrected chi connectivity index (χ2v) is 5.40. The lowest BCUT2D eigenvalue weighted by atomic mass is 10.2. The van der Waals surface area contributed by atoms with E-state index in [1.807, 2.05) is 10.8 Å². The first kappa shape index (κ1) is 15.5. The third kappa shape index (κ3) is 4.53. The van der Waals surface area contributed by atoms with Gasteiger partial charge in [-0.05, 0) is 12.5 Å². The topological polar surface area (TPSA) is 78.3 Å². The molecule has 1 aliphatic rings. The van der Waals surface area contributed by atoms with Crippen molar-refractivity contribution in [1.82, 2.24) is 19.9 Å². The Kier molecular flexibility index (Phi) is 5.21. The molecule has 1 aliphatic heterocycles. The van der Waals surface area contributed by atoms with Gasteiger partial charge in [-0.1, -0.05) is 0 Å². The van der Waals surface area contributed by atoms with Crippen LogP contribution in [0.1, 0.15) is 23.2 Å². The van der Waals surface area contributed by atoms with E-state index in [-0.39, 0.29) is 12.0 Å². The first-order valence-corrected chi connectivity index (χ1v) is 7.75. The van der Waals surface area contributed by atoms with E-state index < -0.39 is 0 Å². The molecule has 2 aromatic heterocycles. The van der Waals surface area contributed by atoms with E-state index in [2.05, 4.69) is 15.3 Å². The van der Waals surface area contributed by atoms with Crippen LogP contribution in [-0.4, -0.2) is 46.3 Å². The molecule has 23 heavy (non-hydrogen) atoms. The lowest BCUT2D eigenvalue weighted by Gasteiger charge is -2.11. The molecule has 122 valence electrons. The zero-order chi connectivity index (χ0) is 15.9. The molecule has 0 radical (unpaired) electrons. The van der Waals surface area contributed by atoms with Crippen molar-refractivity contribution in [1.29, 1.82) is 0 Å². The number of pyridine rings is 1. The molecular weight excluding hydrogens is 296 g/mol. The van der Waals surface area contributed by atoms with Crippen LogP contribution in [0.15, 0.2) is 37.1 Å². The number of nitrogens with one attached hydrogen (secondary N) is 1. The summed E-state index contributed by atoms with van der Waals surface area (Å²) in [5.74, 6) is 0.399. The highest BCUT2D eigenvalue weighted by Gasteiger charge is 2.17. The van der Waals surface area contributed by atoms with E-state index in [0.29, 0.717) is 24.6 Å². The van der Waals surface area contributed by atoms with Crippen LogP contribution in [0.2, 0.25) is 0 Å². The number of amides is 1. The Labute approximate surface area is 134 Å². The Morgan fingerprint density at radius 2 is 2.43 bits per heavy atom. The largest absolute Gasteiger partial charge is 0.472 e. The van der Waals surface area contributed by atoms with Crippen LogP contribution in [-0.2, 0) is 11.3 Å². The molecule has 7 heteroatoms. The van der Waals surface area contributed by atoms with Crippen molar-refractivity contribution in [2.45, 2.75) is 25.5 Å². The molecule has 3 heterocycles. The maximum Gasteiger partial charge on any atom is 0.252 e. The van der Waals surface area contributed by atoms with Crippen LogP contribution >= 0.6 is 0 Å². The van der Waals surface area contributed by atoms with Gasteiger partial charge in [0.15, 0.2) is 0 Å². The molecule has 0 bridgehead atoms. The summed E-state index contributed by atoms with van der Waals surface area (Å²) in [6, 6.07) is 3.45. The predicted molar refractivity (Wildman–Crippen MR) is 83.3 cm³/mol. The molecule has 7 nitrogen and oxygen atoms in total. The number of hydrogen-bond donors (Lipinski definition) is 1. The van der Waals surface area contributed by atoms with E-state index in [1.54, 1.807) is 24.7 Å². The minimum atomic E-state index is -0.126. The third-order valence-corrected chi connectivity index (χ3v) is 3.61. The molecule has 1 atom stereocenters. The normalized spacial score (nSPS) is 17.1. The predicted octanol–water partition coefficient (Wildman–Crippen LogP) is 1.27. The van der Waals surface area contributed by atoms with Gasteiger partial charge in [-0.25, -0.2) is 9.97 Å². The zero-order valence-corrected chi connectivity index (χ0v) is 12.9. The highest BCUT2D eigenvalue weighted by Crippen LogP contribution is 2.14. The van der Waals surface area contributed by atoms with Crippen molar-refractivity contribution >= 4 is 5.91 Å². The number of rotatable bonds is 7. The summed E-state index contributed by atoms with van der Waals surface area (Å²) in [6.07, 6.45) is 8.73. The van der Waals surface area contributed by atoms with Crippen molar-refractivity contribution in [3.8, 4) is 5.88 Å². The number of hydrogen-bond acceptors (Lipinski definition) is 5. The second kappa shape index (κ2) is 7.73. The smallest absolute Gasteiger partial charge is 0.252 e. The van der Waals surface area contributed by atoms with Gasteiger partial charge in [-0.2, -0.15) is 0 Å². The molecule has 2 aromatic rings. The second-order valence-electron chi connectivity index (χ2n) is 5.40. The Hall–Kier alpha value is -2.41. The van der Waals surface area contributed by atoms with Crippen LogP contribution in [0.25, 0.3) is 0 Å². The highest BCUT2D eigenvalue weighted by molar-refractivity contribution is 5.93. The van der Waals surface area contributed by atoms with Gasteiger partial charge < -0.3 is 19.4 Å². The monoisotopic (exact) mass is 316 g/mol. The maximum absolute atomic E-state index is 12.0. The van der Waals surface area contributed by atoms with Crippen molar-refractivity contribution < 1.29 is 14.3 Å².